The first kappa shape index (κ1) is 23.1. The molecule has 1 aliphatic heterocycles. The second-order valence-corrected chi connectivity index (χ2v) is 9.33. The summed E-state index contributed by atoms with van der Waals surface area (Å²) in [6, 6.07) is 12.8. The number of carbonyl (C=O) groups excluding carboxylic acids is 1. The molecule has 1 aliphatic carbocycles. The van der Waals surface area contributed by atoms with Gasteiger partial charge in [0.1, 0.15) is 11.5 Å². The molecule has 1 saturated heterocycles. The minimum Gasteiger partial charge on any atom is -0.494 e. The SMILES string of the molecule is CCOc1cc(CC2CCC3(CC2)CC(=O)N(c2ccc(C(=O)O)cc2)C3)cc(OCC)c1. The van der Waals surface area contributed by atoms with E-state index >= 15 is 0 Å². The molecule has 0 bridgehead atoms. The molecule has 0 unspecified atom stereocenters. The zero-order valence-corrected chi connectivity index (χ0v) is 19.5. The van der Waals surface area contributed by atoms with Crippen molar-refractivity contribution in [1.82, 2.24) is 0 Å². The molecule has 1 spiro atoms. The maximum absolute atomic E-state index is 12.8. The van der Waals surface area contributed by atoms with Crippen molar-refractivity contribution in [1.29, 1.82) is 0 Å². The lowest BCUT2D eigenvalue weighted by Crippen LogP contribution is -2.32. The fraction of sp³-hybridized carbons (Fsp3) is 0.481. The second-order valence-electron chi connectivity index (χ2n) is 9.33. The molecule has 2 aromatic rings. The summed E-state index contributed by atoms with van der Waals surface area (Å²) in [4.78, 5) is 25.8. The number of nitrogens with zero attached hydrogens (tertiary/aromatic N) is 1. The molecule has 0 atom stereocenters. The monoisotopic (exact) mass is 451 g/mol. The van der Waals surface area contributed by atoms with Crippen LogP contribution in [0.5, 0.6) is 11.5 Å². The Morgan fingerprint density at radius 1 is 1.03 bits per heavy atom. The Morgan fingerprint density at radius 3 is 2.18 bits per heavy atom. The fourth-order valence-electron chi connectivity index (χ4n) is 5.33. The van der Waals surface area contributed by atoms with E-state index in [4.69, 9.17) is 14.6 Å². The van der Waals surface area contributed by atoms with Crippen molar-refractivity contribution in [2.24, 2.45) is 11.3 Å². The van der Waals surface area contributed by atoms with Crippen molar-refractivity contribution in [3.63, 3.8) is 0 Å². The second kappa shape index (κ2) is 9.86. The standard InChI is InChI=1S/C27H33NO5/c1-3-32-23-14-20(15-24(16-23)33-4-2)13-19-9-11-27(12-10-19)17-25(29)28(18-27)22-7-5-21(6-8-22)26(30)31/h5-8,14-16,19H,3-4,9-13,17-18H2,1-2H3,(H,30,31). The first-order valence-electron chi connectivity index (χ1n) is 11.9. The molecule has 0 radical (unpaired) electrons. The number of rotatable bonds is 8. The Labute approximate surface area is 195 Å². The summed E-state index contributed by atoms with van der Waals surface area (Å²) in [6.45, 7) is 5.95. The summed E-state index contributed by atoms with van der Waals surface area (Å²) in [5, 5.41) is 9.11. The maximum Gasteiger partial charge on any atom is 0.335 e. The number of benzene rings is 2. The van der Waals surface area contributed by atoms with E-state index in [2.05, 4.69) is 12.1 Å². The number of ether oxygens (including phenoxy) is 2. The molecule has 1 N–H and O–H groups in total. The predicted octanol–water partition coefficient (Wildman–Crippen LogP) is 5.34. The van der Waals surface area contributed by atoms with Gasteiger partial charge in [0.25, 0.3) is 0 Å². The van der Waals surface area contributed by atoms with Gasteiger partial charge in [0.15, 0.2) is 0 Å². The zero-order chi connectivity index (χ0) is 23.4. The Kier molecular flexibility index (Phi) is 6.91. The molecule has 1 saturated carbocycles. The molecule has 2 aliphatic rings. The number of carboxylic acids is 1. The van der Waals surface area contributed by atoms with Gasteiger partial charge < -0.3 is 19.5 Å². The van der Waals surface area contributed by atoms with Crippen LogP contribution < -0.4 is 14.4 Å². The number of aromatic carboxylic acids is 1. The van der Waals surface area contributed by atoms with Gasteiger partial charge in [-0.3, -0.25) is 4.79 Å². The fourth-order valence-corrected chi connectivity index (χ4v) is 5.33. The van der Waals surface area contributed by atoms with E-state index in [1.165, 1.54) is 5.56 Å². The largest absolute Gasteiger partial charge is 0.494 e. The molecule has 6 heteroatoms. The number of amides is 1. The highest BCUT2D eigenvalue weighted by molar-refractivity contribution is 5.97. The van der Waals surface area contributed by atoms with Crippen molar-refractivity contribution in [3.8, 4) is 11.5 Å². The van der Waals surface area contributed by atoms with E-state index in [1.807, 2.05) is 24.8 Å². The van der Waals surface area contributed by atoms with Gasteiger partial charge in [-0.15, -0.1) is 0 Å². The lowest BCUT2D eigenvalue weighted by Gasteiger charge is -2.36. The van der Waals surface area contributed by atoms with Crippen LogP contribution in [0.25, 0.3) is 0 Å². The van der Waals surface area contributed by atoms with Gasteiger partial charge in [-0.05, 0) is 99.2 Å². The van der Waals surface area contributed by atoms with Crippen LogP contribution in [-0.2, 0) is 11.2 Å². The molecule has 4 rings (SSSR count). The molecule has 2 aromatic carbocycles. The van der Waals surface area contributed by atoms with Crippen LogP contribution in [0.15, 0.2) is 42.5 Å². The van der Waals surface area contributed by atoms with Crippen molar-refractivity contribution < 1.29 is 24.2 Å². The molecule has 176 valence electrons. The van der Waals surface area contributed by atoms with Crippen LogP contribution in [0.3, 0.4) is 0 Å². The van der Waals surface area contributed by atoms with Crippen LogP contribution in [-0.4, -0.2) is 36.7 Å². The van der Waals surface area contributed by atoms with Gasteiger partial charge in [-0.2, -0.15) is 0 Å². The summed E-state index contributed by atoms with van der Waals surface area (Å²) in [5.41, 5.74) is 2.30. The lowest BCUT2D eigenvalue weighted by atomic mass is 9.69. The third-order valence-corrected chi connectivity index (χ3v) is 7.00. The smallest absolute Gasteiger partial charge is 0.335 e. The quantitative estimate of drug-likeness (QED) is 0.586. The average Bonchev–Trinajstić information content (AvgIpc) is 3.11. The van der Waals surface area contributed by atoms with Crippen molar-refractivity contribution in [2.75, 3.05) is 24.7 Å². The Hall–Kier alpha value is -3.02. The van der Waals surface area contributed by atoms with E-state index in [0.29, 0.717) is 25.6 Å². The average molecular weight is 452 g/mol. The van der Waals surface area contributed by atoms with Gasteiger partial charge in [0.2, 0.25) is 5.91 Å². The first-order chi connectivity index (χ1) is 15.9. The summed E-state index contributed by atoms with van der Waals surface area (Å²) < 4.78 is 11.5. The molecule has 2 fully saturated rings. The van der Waals surface area contributed by atoms with Crippen molar-refractivity contribution in [2.45, 2.75) is 52.4 Å². The maximum atomic E-state index is 12.8. The number of hydrogen-bond donors (Lipinski definition) is 1. The van der Waals surface area contributed by atoms with Crippen molar-refractivity contribution in [3.05, 3.63) is 53.6 Å². The van der Waals surface area contributed by atoms with Gasteiger partial charge in [-0.25, -0.2) is 4.79 Å². The lowest BCUT2D eigenvalue weighted by molar-refractivity contribution is -0.118. The third kappa shape index (κ3) is 5.32. The Bertz CT molecular complexity index is 968. The van der Waals surface area contributed by atoms with E-state index in [1.54, 1.807) is 24.3 Å². The summed E-state index contributed by atoms with van der Waals surface area (Å²) >= 11 is 0. The Balaban J connectivity index is 1.38. The first-order valence-corrected chi connectivity index (χ1v) is 11.9. The zero-order valence-electron chi connectivity index (χ0n) is 19.5. The Morgan fingerprint density at radius 2 is 1.64 bits per heavy atom. The topological polar surface area (TPSA) is 76.1 Å². The van der Waals surface area contributed by atoms with Gasteiger partial charge in [0, 0.05) is 24.7 Å². The predicted molar refractivity (Wildman–Crippen MR) is 127 cm³/mol. The van der Waals surface area contributed by atoms with Crippen molar-refractivity contribution >= 4 is 17.6 Å². The molecule has 1 heterocycles. The molecule has 0 aromatic heterocycles. The van der Waals surface area contributed by atoms with E-state index in [9.17, 15) is 9.59 Å². The van der Waals surface area contributed by atoms with Crippen LogP contribution in [0.4, 0.5) is 5.69 Å². The molecule has 1 amide bonds. The van der Waals surface area contributed by atoms with Crippen LogP contribution in [0.1, 0.15) is 61.9 Å². The van der Waals surface area contributed by atoms with Crippen LogP contribution in [0.2, 0.25) is 0 Å². The normalized spacial score (nSPS) is 22.5. The number of carbonyl (C=O) groups is 2. The van der Waals surface area contributed by atoms with Crippen LogP contribution >= 0.6 is 0 Å². The summed E-state index contributed by atoms with van der Waals surface area (Å²) in [7, 11) is 0. The number of anilines is 1. The van der Waals surface area contributed by atoms with Gasteiger partial charge in [0.05, 0.1) is 18.8 Å². The minimum atomic E-state index is -0.954. The summed E-state index contributed by atoms with van der Waals surface area (Å²) in [5.74, 6) is 1.49. The highest BCUT2D eigenvalue weighted by Crippen LogP contribution is 2.47. The van der Waals surface area contributed by atoms with E-state index in [0.717, 1.165) is 55.8 Å². The summed E-state index contributed by atoms with van der Waals surface area (Å²) in [6.07, 6.45) is 5.84. The van der Waals surface area contributed by atoms with E-state index in [-0.39, 0.29) is 16.9 Å². The van der Waals surface area contributed by atoms with Gasteiger partial charge in [-0.1, -0.05) is 0 Å². The van der Waals surface area contributed by atoms with Gasteiger partial charge >= 0.3 is 5.97 Å². The highest BCUT2D eigenvalue weighted by atomic mass is 16.5. The number of carboxylic acid groups (broad SMARTS) is 1. The molecular formula is C27H33NO5. The molecular weight excluding hydrogens is 418 g/mol. The minimum absolute atomic E-state index is 0.0305. The number of hydrogen-bond acceptors (Lipinski definition) is 4. The van der Waals surface area contributed by atoms with E-state index < -0.39 is 5.97 Å². The molecule has 6 nitrogen and oxygen atoms in total. The third-order valence-electron chi connectivity index (χ3n) is 7.00. The highest BCUT2D eigenvalue weighted by Gasteiger charge is 2.45. The molecule has 33 heavy (non-hydrogen) atoms. The van der Waals surface area contributed by atoms with Crippen LogP contribution in [0, 0.1) is 11.3 Å².